The van der Waals surface area contributed by atoms with E-state index < -0.39 is 15.3 Å². The molecule has 0 aliphatic carbocycles. The largest absolute Gasteiger partial charge is 0.350 e. The van der Waals surface area contributed by atoms with Gasteiger partial charge in [0.15, 0.2) is 0 Å². The number of thiophene rings is 1. The third kappa shape index (κ3) is 4.28. The predicted octanol–water partition coefficient (Wildman–Crippen LogP) is 2.92. The molecule has 7 nitrogen and oxygen atoms in total. The van der Waals surface area contributed by atoms with Crippen molar-refractivity contribution in [1.82, 2.24) is 14.9 Å². The quantitative estimate of drug-likeness (QED) is 0.484. The Kier molecular flexibility index (Phi) is 5.71. The zero-order valence-corrected chi connectivity index (χ0v) is 18.2. The lowest BCUT2D eigenvalue weighted by Gasteiger charge is -2.13. The van der Waals surface area contributed by atoms with E-state index in [-0.39, 0.29) is 33.3 Å². The number of pyridine rings is 2. The summed E-state index contributed by atoms with van der Waals surface area (Å²) in [4.78, 5) is 30.6. The van der Waals surface area contributed by atoms with Gasteiger partial charge in [-0.25, -0.2) is 13.4 Å². The maximum Gasteiger partial charge on any atom is 0.240 e. The van der Waals surface area contributed by atoms with Gasteiger partial charge in [0.2, 0.25) is 21.2 Å². The summed E-state index contributed by atoms with van der Waals surface area (Å²) in [6.07, 6.45) is 1.21. The van der Waals surface area contributed by atoms with E-state index in [2.05, 4.69) is 10.3 Å². The van der Waals surface area contributed by atoms with E-state index in [1.807, 2.05) is 17.5 Å². The Balaban J connectivity index is 1.78. The second-order valence-corrected chi connectivity index (χ2v) is 9.90. The van der Waals surface area contributed by atoms with E-state index in [0.29, 0.717) is 12.2 Å². The van der Waals surface area contributed by atoms with Gasteiger partial charge in [0.05, 0.1) is 16.8 Å². The van der Waals surface area contributed by atoms with Crippen LogP contribution in [0, 0.1) is 6.92 Å². The third-order valence-electron chi connectivity index (χ3n) is 4.72. The Morgan fingerprint density at radius 1 is 1.10 bits per heavy atom. The van der Waals surface area contributed by atoms with Crippen LogP contribution in [-0.4, -0.2) is 23.9 Å². The van der Waals surface area contributed by atoms with Gasteiger partial charge in [0, 0.05) is 16.8 Å². The molecule has 0 bridgehead atoms. The van der Waals surface area contributed by atoms with Crippen LogP contribution >= 0.6 is 11.3 Å². The van der Waals surface area contributed by atoms with Crippen LogP contribution in [0.25, 0.3) is 11.0 Å². The maximum atomic E-state index is 13.2. The number of hydrogen-bond acceptors (Lipinski definition) is 6. The van der Waals surface area contributed by atoms with E-state index in [1.165, 1.54) is 34.2 Å². The molecule has 158 valence electrons. The van der Waals surface area contributed by atoms with Crippen molar-refractivity contribution in [2.75, 3.05) is 0 Å². The summed E-state index contributed by atoms with van der Waals surface area (Å²) < 4.78 is 27.7. The van der Waals surface area contributed by atoms with Crippen LogP contribution in [0.3, 0.4) is 0 Å². The SMILES string of the molecule is Cc1ccc2c(=O)c(S(=O)(=O)c3ccccc3)cn(CC(=O)NCc3cccs3)c2n1. The Labute approximate surface area is 182 Å². The van der Waals surface area contributed by atoms with Gasteiger partial charge in [-0.2, -0.15) is 0 Å². The normalized spacial score (nSPS) is 11.5. The van der Waals surface area contributed by atoms with E-state index >= 15 is 0 Å². The van der Waals surface area contributed by atoms with Gasteiger partial charge in [0.25, 0.3) is 0 Å². The number of nitrogens with zero attached hydrogens (tertiary/aromatic N) is 2. The number of sulfone groups is 1. The first-order valence-electron chi connectivity index (χ1n) is 9.46. The highest BCUT2D eigenvalue weighted by atomic mass is 32.2. The van der Waals surface area contributed by atoms with Gasteiger partial charge in [-0.05, 0) is 42.6 Å². The molecule has 3 heterocycles. The van der Waals surface area contributed by atoms with Crippen LogP contribution in [-0.2, 0) is 27.7 Å². The van der Waals surface area contributed by atoms with Crippen molar-refractivity contribution in [2.24, 2.45) is 0 Å². The van der Waals surface area contributed by atoms with Gasteiger partial charge >= 0.3 is 0 Å². The Morgan fingerprint density at radius 3 is 2.58 bits per heavy atom. The molecule has 9 heteroatoms. The lowest BCUT2D eigenvalue weighted by atomic mass is 10.2. The summed E-state index contributed by atoms with van der Waals surface area (Å²) in [5, 5.41) is 4.88. The molecular weight excluding hydrogens is 434 g/mol. The van der Waals surface area contributed by atoms with Crippen molar-refractivity contribution in [1.29, 1.82) is 0 Å². The first-order valence-corrected chi connectivity index (χ1v) is 11.8. The molecule has 0 radical (unpaired) electrons. The number of benzene rings is 1. The molecule has 0 atom stereocenters. The van der Waals surface area contributed by atoms with Crippen molar-refractivity contribution in [3.63, 3.8) is 0 Å². The highest BCUT2D eigenvalue weighted by Gasteiger charge is 2.24. The highest BCUT2D eigenvalue weighted by molar-refractivity contribution is 7.91. The summed E-state index contributed by atoms with van der Waals surface area (Å²) in [7, 11) is -4.07. The second-order valence-electron chi connectivity index (χ2n) is 6.95. The van der Waals surface area contributed by atoms with Crippen molar-refractivity contribution < 1.29 is 13.2 Å². The standard InChI is InChI=1S/C22H19N3O4S2/c1-15-9-10-18-21(27)19(31(28,29)17-7-3-2-4-8-17)13-25(22(18)24-15)14-20(26)23-12-16-6-5-11-30-16/h2-11,13H,12,14H2,1H3,(H,23,26). The first kappa shape index (κ1) is 21.0. The molecule has 1 amide bonds. The monoisotopic (exact) mass is 453 g/mol. The number of nitrogens with one attached hydrogen (secondary N) is 1. The molecule has 31 heavy (non-hydrogen) atoms. The Bertz CT molecular complexity index is 1410. The van der Waals surface area contributed by atoms with E-state index in [1.54, 1.807) is 37.3 Å². The number of carbonyl (C=O) groups is 1. The minimum atomic E-state index is -4.07. The van der Waals surface area contributed by atoms with Crippen molar-refractivity contribution in [3.05, 3.63) is 87.0 Å². The third-order valence-corrected chi connectivity index (χ3v) is 7.36. The molecule has 0 unspecified atom stereocenters. The zero-order chi connectivity index (χ0) is 22.0. The van der Waals surface area contributed by atoms with Gasteiger partial charge in [-0.15, -0.1) is 11.3 Å². The zero-order valence-electron chi connectivity index (χ0n) is 16.6. The topological polar surface area (TPSA) is 98.1 Å². The van der Waals surface area contributed by atoms with Crippen LogP contribution in [0.2, 0.25) is 0 Å². The van der Waals surface area contributed by atoms with E-state index in [0.717, 1.165) is 4.88 Å². The summed E-state index contributed by atoms with van der Waals surface area (Å²) in [5.41, 5.74) is 0.281. The summed E-state index contributed by atoms with van der Waals surface area (Å²) in [5.74, 6) is -0.315. The molecule has 0 spiro atoms. The van der Waals surface area contributed by atoms with Crippen LogP contribution in [0.5, 0.6) is 0 Å². The number of aromatic nitrogens is 2. The fourth-order valence-corrected chi connectivity index (χ4v) is 5.22. The van der Waals surface area contributed by atoms with Crippen molar-refractivity contribution in [3.8, 4) is 0 Å². The summed E-state index contributed by atoms with van der Waals surface area (Å²) >= 11 is 1.53. The lowest BCUT2D eigenvalue weighted by Crippen LogP contribution is -2.29. The number of rotatable bonds is 6. The molecule has 1 aromatic carbocycles. The Morgan fingerprint density at radius 2 is 1.87 bits per heavy atom. The molecule has 0 saturated heterocycles. The van der Waals surface area contributed by atoms with Gasteiger partial charge in [-0.1, -0.05) is 24.3 Å². The number of aryl methyl sites for hydroxylation is 1. The summed E-state index contributed by atoms with van der Waals surface area (Å²) in [6, 6.07) is 14.7. The molecule has 0 saturated carbocycles. The number of amides is 1. The Hall–Kier alpha value is -3.30. The molecule has 4 rings (SSSR count). The van der Waals surface area contributed by atoms with E-state index in [9.17, 15) is 18.0 Å². The van der Waals surface area contributed by atoms with Crippen LogP contribution in [0.1, 0.15) is 10.6 Å². The molecule has 3 aromatic heterocycles. The number of carbonyl (C=O) groups excluding carboxylic acids is 1. The summed E-state index contributed by atoms with van der Waals surface area (Å²) in [6.45, 7) is 1.96. The smallest absolute Gasteiger partial charge is 0.240 e. The van der Waals surface area contributed by atoms with Crippen molar-refractivity contribution in [2.45, 2.75) is 29.8 Å². The predicted molar refractivity (Wildman–Crippen MR) is 119 cm³/mol. The van der Waals surface area contributed by atoms with Crippen LogP contribution in [0.15, 0.2) is 80.8 Å². The molecule has 0 fully saturated rings. The fraction of sp³-hybridized carbons (Fsp3) is 0.136. The molecular formula is C22H19N3O4S2. The molecule has 0 aliphatic heterocycles. The number of hydrogen-bond donors (Lipinski definition) is 1. The average molecular weight is 454 g/mol. The minimum Gasteiger partial charge on any atom is -0.350 e. The highest BCUT2D eigenvalue weighted by Crippen LogP contribution is 2.20. The lowest BCUT2D eigenvalue weighted by molar-refractivity contribution is -0.121. The minimum absolute atomic E-state index is 0.0141. The van der Waals surface area contributed by atoms with Gasteiger partial charge in [-0.3, -0.25) is 9.59 Å². The van der Waals surface area contributed by atoms with Gasteiger partial charge in [0.1, 0.15) is 17.1 Å². The second kappa shape index (κ2) is 8.44. The van der Waals surface area contributed by atoms with Crippen molar-refractivity contribution >= 4 is 38.1 Å². The first-order chi connectivity index (χ1) is 14.9. The van der Waals surface area contributed by atoms with Crippen LogP contribution in [0.4, 0.5) is 0 Å². The average Bonchev–Trinajstić information content (AvgIpc) is 3.28. The van der Waals surface area contributed by atoms with Crippen LogP contribution < -0.4 is 10.7 Å². The van der Waals surface area contributed by atoms with E-state index in [4.69, 9.17) is 0 Å². The number of fused-ring (bicyclic) bond motifs is 1. The molecule has 0 aliphatic rings. The molecule has 1 N–H and O–H groups in total. The molecule has 4 aromatic rings. The fourth-order valence-electron chi connectivity index (χ4n) is 3.18. The van der Waals surface area contributed by atoms with Gasteiger partial charge < -0.3 is 9.88 Å². The maximum absolute atomic E-state index is 13.2.